The molecule has 1 aromatic heterocycles. The Morgan fingerprint density at radius 3 is 1.45 bits per heavy atom. The van der Waals surface area contributed by atoms with E-state index in [9.17, 15) is 0 Å². The monoisotopic (exact) mass is 491 g/mol. The Bertz CT molecular complexity index is 1850. The van der Waals surface area contributed by atoms with E-state index < -0.39 is 0 Å². The van der Waals surface area contributed by atoms with E-state index in [0.29, 0.717) is 0 Å². The van der Waals surface area contributed by atoms with Gasteiger partial charge in [0.1, 0.15) is 23.0 Å². The molecule has 0 aliphatic carbocycles. The molecule has 0 atom stereocenters. The first kappa shape index (κ1) is 21.6. The van der Waals surface area contributed by atoms with Crippen LogP contribution < -0.4 is 25.9 Å². The number of rotatable bonds is 1. The van der Waals surface area contributed by atoms with E-state index >= 15 is 0 Å². The summed E-state index contributed by atoms with van der Waals surface area (Å²) in [4.78, 5) is 0. The number of benzene rings is 5. The second-order valence-electron chi connectivity index (χ2n) is 11.0. The van der Waals surface area contributed by atoms with E-state index in [0.717, 1.165) is 34.1 Å². The molecule has 0 radical (unpaired) electrons. The third-order valence-electron chi connectivity index (χ3n) is 8.11. The van der Waals surface area contributed by atoms with Crippen molar-refractivity contribution < 1.29 is 9.47 Å². The lowest BCUT2D eigenvalue weighted by atomic mass is 9.35. The van der Waals surface area contributed by atoms with Gasteiger partial charge < -0.3 is 14.0 Å². The topological polar surface area (TPSA) is 23.4 Å². The van der Waals surface area contributed by atoms with Gasteiger partial charge in [-0.2, -0.15) is 0 Å². The summed E-state index contributed by atoms with van der Waals surface area (Å²) < 4.78 is 15.6. The van der Waals surface area contributed by atoms with Gasteiger partial charge in [0.05, 0.1) is 16.7 Å². The normalized spacial score (nSPS) is 13.1. The first-order chi connectivity index (χ1) is 18.4. The first-order valence-electron chi connectivity index (χ1n) is 13.2. The van der Waals surface area contributed by atoms with Gasteiger partial charge in [-0.3, -0.25) is 0 Å². The van der Waals surface area contributed by atoms with Gasteiger partial charge in [-0.05, 0) is 86.1 Å². The maximum absolute atomic E-state index is 6.65. The van der Waals surface area contributed by atoms with Crippen molar-refractivity contribution in [2.75, 3.05) is 0 Å². The molecule has 38 heavy (non-hydrogen) atoms. The largest absolute Gasteiger partial charge is 0.458 e. The van der Waals surface area contributed by atoms with Crippen molar-refractivity contribution in [1.82, 2.24) is 4.57 Å². The predicted octanol–water partition coefficient (Wildman–Crippen LogP) is 6.74. The van der Waals surface area contributed by atoms with Gasteiger partial charge in [0.2, 0.25) is 0 Å². The maximum Gasteiger partial charge on any atom is 0.260 e. The van der Waals surface area contributed by atoms with Gasteiger partial charge in [-0.25, -0.2) is 0 Å². The minimum atomic E-state index is 0.0752. The summed E-state index contributed by atoms with van der Waals surface area (Å²) in [5.41, 5.74) is 11.8. The van der Waals surface area contributed by atoms with E-state index in [-0.39, 0.29) is 6.71 Å². The number of hydrogen-bond acceptors (Lipinski definition) is 2. The highest BCUT2D eigenvalue weighted by molar-refractivity contribution is 6.98. The van der Waals surface area contributed by atoms with Crippen LogP contribution in [0.4, 0.5) is 0 Å². The third-order valence-corrected chi connectivity index (χ3v) is 8.11. The smallest absolute Gasteiger partial charge is 0.260 e. The van der Waals surface area contributed by atoms with Crippen molar-refractivity contribution >= 4 is 44.9 Å². The highest BCUT2D eigenvalue weighted by atomic mass is 16.5. The molecule has 5 aromatic carbocycles. The zero-order valence-electron chi connectivity index (χ0n) is 21.9. The number of aryl methyl sites for hydroxylation is 4. The van der Waals surface area contributed by atoms with Crippen molar-refractivity contribution in [1.29, 1.82) is 0 Å². The summed E-state index contributed by atoms with van der Waals surface area (Å²) in [5, 5.41) is 2.52. The molecule has 2 aliphatic heterocycles. The van der Waals surface area contributed by atoms with Crippen molar-refractivity contribution in [2.45, 2.75) is 27.7 Å². The molecule has 4 heteroatoms. The Hall–Kier alpha value is -4.44. The lowest BCUT2D eigenvalue weighted by Crippen LogP contribution is -2.57. The van der Waals surface area contributed by atoms with E-state index in [4.69, 9.17) is 9.47 Å². The zero-order valence-corrected chi connectivity index (χ0v) is 21.9. The quantitative estimate of drug-likeness (QED) is 0.237. The molecule has 0 bridgehead atoms. The average Bonchev–Trinajstić information content (AvgIpc) is 3.20. The molecule has 0 unspecified atom stereocenters. The Labute approximate surface area is 222 Å². The highest BCUT2D eigenvalue weighted by Gasteiger charge is 2.40. The lowest BCUT2D eigenvalue weighted by molar-refractivity contribution is 0.464. The van der Waals surface area contributed by atoms with Gasteiger partial charge in [-0.15, -0.1) is 0 Å². The molecule has 8 rings (SSSR count). The van der Waals surface area contributed by atoms with Crippen LogP contribution in [-0.2, 0) is 0 Å². The van der Waals surface area contributed by atoms with E-state index in [2.05, 4.69) is 117 Å². The van der Waals surface area contributed by atoms with Crippen LogP contribution in [0.5, 0.6) is 23.0 Å². The fourth-order valence-electron chi connectivity index (χ4n) is 6.35. The van der Waals surface area contributed by atoms with Crippen LogP contribution in [-0.4, -0.2) is 11.3 Å². The minimum Gasteiger partial charge on any atom is -0.458 e. The highest BCUT2D eigenvalue weighted by Crippen LogP contribution is 2.40. The number of hydrogen-bond donors (Lipinski definition) is 0. The summed E-state index contributed by atoms with van der Waals surface area (Å²) in [6.45, 7) is 8.62. The predicted molar refractivity (Wildman–Crippen MR) is 157 cm³/mol. The SMILES string of the molecule is Cc1ccc2c(c1)Oc1cc(-n3c4ccc(C)cc4c4cc(C)ccc43)cc3c1B2c1ccc(C)cc1O3. The molecule has 3 nitrogen and oxygen atoms in total. The van der Waals surface area contributed by atoms with Crippen LogP contribution in [0.1, 0.15) is 22.3 Å². The molecular formula is C34H26BNO2. The Balaban J connectivity index is 1.44. The van der Waals surface area contributed by atoms with E-state index in [1.165, 1.54) is 55.0 Å². The summed E-state index contributed by atoms with van der Waals surface area (Å²) in [6, 6.07) is 30.9. The first-order valence-corrected chi connectivity index (χ1v) is 13.2. The number of ether oxygens (including phenoxy) is 2. The fourth-order valence-corrected chi connectivity index (χ4v) is 6.35. The van der Waals surface area contributed by atoms with Gasteiger partial charge in [0.15, 0.2) is 0 Å². The summed E-state index contributed by atoms with van der Waals surface area (Å²) in [7, 11) is 0. The molecule has 2 aliphatic rings. The summed E-state index contributed by atoms with van der Waals surface area (Å²) in [6.07, 6.45) is 0. The molecule has 0 saturated heterocycles. The summed E-state index contributed by atoms with van der Waals surface area (Å²) >= 11 is 0. The molecule has 0 fully saturated rings. The lowest BCUT2D eigenvalue weighted by Gasteiger charge is -2.33. The molecule has 182 valence electrons. The molecule has 0 spiro atoms. The second-order valence-corrected chi connectivity index (χ2v) is 11.0. The zero-order chi connectivity index (χ0) is 25.7. The van der Waals surface area contributed by atoms with Gasteiger partial charge in [-0.1, -0.05) is 47.5 Å². The molecule has 6 aromatic rings. The van der Waals surface area contributed by atoms with Crippen molar-refractivity contribution in [3.05, 3.63) is 107 Å². The van der Waals surface area contributed by atoms with Crippen LogP contribution in [0.25, 0.3) is 27.5 Å². The number of fused-ring (bicyclic) bond motifs is 7. The Kier molecular flexibility index (Phi) is 4.30. The molecule has 0 amide bonds. The van der Waals surface area contributed by atoms with Crippen LogP contribution >= 0.6 is 0 Å². The number of nitrogens with zero attached hydrogens (tertiary/aromatic N) is 1. The minimum absolute atomic E-state index is 0.0752. The fraction of sp³-hybridized carbons (Fsp3) is 0.118. The molecule has 0 N–H and O–H groups in total. The second kappa shape index (κ2) is 7.55. The van der Waals surface area contributed by atoms with Crippen molar-refractivity contribution in [3.8, 4) is 28.7 Å². The van der Waals surface area contributed by atoms with Crippen LogP contribution in [0.15, 0.2) is 84.9 Å². The number of aromatic nitrogens is 1. The van der Waals surface area contributed by atoms with Crippen LogP contribution in [0, 0.1) is 27.7 Å². The van der Waals surface area contributed by atoms with Gasteiger partial charge in [0, 0.05) is 28.4 Å². The standard InChI is InChI=1S/C34H26BNO2/c1-19-7-11-28-24(13-19)25-14-20(2)8-12-29(25)36(28)23-17-32-34-33(18-23)38-31-16-22(4)6-10-27(31)35(34)26-9-5-21(3)15-30(26)37-32/h5-18H,1-4H3. The van der Waals surface area contributed by atoms with Crippen LogP contribution in [0.3, 0.4) is 0 Å². The Morgan fingerprint density at radius 2 is 0.947 bits per heavy atom. The molecular weight excluding hydrogens is 465 g/mol. The summed E-state index contributed by atoms with van der Waals surface area (Å²) in [5.74, 6) is 3.57. The van der Waals surface area contributed by atoms with Crippen molar-refractivity contribution in [3.63, 3.8) is 0 Å². The van der Waals surface area contributed by atoms with Crippen molar-refractivity contribution in [2.24, 2.45) is 0 Å². The van der Waals surface area contributed by atoms with E-state index in [1.54, 1.807) is 0 Å². The van der Waals surface area contributed by atoms with Gasteiger partial charge >= 0.3 is 0 Å². The average molecular weight is 491 g/mol. The van der Waals surface area contributed by atoms with Gasteiger partial charge in [0.25, 0.3) is 6.71 Å². The molecule has 3 heterocycles. The van der Waals surface area contributed by atoms with Crippen LogP contribution in [0.2, 0.25) is 0 Å². The maximum atomic E-state index is 6.65. The molecule has 0 saturated carbocycles. The van der Waals surface area contributed by atoms with E-state index in [1.807, 2.05) is 0 Å². The Morgan fingerprint density at radius 1 is 0.500 bits per heavy atom. The third kappa shape index (κ3) is 2.97.